The molecular weight excluding hydrogens is 350 g/mol. The second-order valence-corrected chi connectivity index (χ2v) is 5.63. The Balaban J connectivity index is 2.14. The molecule has 2 aromatic carbocycles. The highest BCUT2D eigenvalue weighted by Crippen LogP contribution is 2.26. The largest absolute Gasteiger partial charge is 0.207 e. The Labute approximate surface area is 119 Å². The zero-order chi connectivity index (χ0) is 12.3. The summed E-state index contributed by atoms with van der Waals surface area (Å²) >= 11 is 8.60. The van der Waals surface area contributed by atoms with Gasteiger partial charge in [-0.25, -0.2) is 4.39 Å². The number of hydrogen-bond donors (Lipinski definition) is 0. The van der Waals surface area contributed by atoms with Crippen molar-refractivity contribution in [3.63, 3.8) is 0 Å². The zero-order valence-corrected chi connectivity index (χ0v) is 12.0. The molecule has 0 radical (unpaired) electrons. The van der Waals surface area contributed by atoms with Crippen molar-refractivity contribution in [3.8, 4) is 0 Å². The van der Waals surface area contributed by atoms with Crippen LogP contribution in [0.1, 0.15) is 16.5 Å². The lowest BCUT2D eigenvalue weighted by Gasteiger charge is -2.10. The summed E-state index contributed by atoms with van der Waals surface area (Å²) in [5.41, 5.74) is 1.99. The molecule has 3 heteroatoms. The van der Waals surface area contributed by atoms with E-state index in [1.807, 2.05) is 24.3 Å². The van der Waals surface area contributed by atoms with Gasteiger partial charge in [0.25, 0.3) is 0 Å². The summed E-state index contributed by atoms with van der Waals surface area (Å²) in [6, 6.07) is 14.6. The highest BCUT2D eigenvalue weighted by Gasteiger charge is 2.09. The van der Waals surface area contributed by atoms with E-state index in [-0.39, 0.29) is 11.2 Å². The van der Waals surface area contributed by atoms with Gasteiger partial charge in [-0.15, -0.1) is 11.6 Å². The van der Waals surface area contributed by atoms with Gasteiger partial charge in [-0.05, 0) is 64.4 Å². The molecule has 0 N–H and O–H groups in total. The number of benzene rings is 2. The van der Waals surface area contributed by atoms with Crippen molar-refractivity contribution in [3.05, 3.63) is 69.0 Å². The van der Waals surface area contributed by atoms with E-state index in [1.165, 1.54) is 12.1 Å². The molecule has 0 nitrogen and oxygen atoms in total. The van der Waals surface area contributed by atoms with E-state index in [9.17, 15) is 4.39 Å². The molecule has 0 fully saturated rings. The highest BCUT2D eigenvalue weighted by atomic mass is 127. The first-order valence-electron chi connectivity index (χ1n) is 5.29. The van der Waals surface area contributed by atoms with Gasteiger partial charge in [0.15, 0.2) is 0 Å². The Hall–Kier alpha value is -0.610. The van der Waals surface area contributed by atoms with Crippen molar-refractivity contribution in [1.82, 2.24) is 0 Å². The van der Waals surface area contributed by atoms with Crippen LogP contribution in [-0.2, 0) is 6.42 Å². The molecule has 0 saturated heterocycles. The van der Waals surface area contributed by atoms with Crippen LogP contribution in [0.25, 0.3) is 0 Å². The van der Waals surface area contributed by atoms with E-state index in [4.69, 9.17) is 11.6 Å². The summed E-state index contributed by atoms with van der Waals surface area (Å²) in [5, 5.41) is -0.119. The maximum absolute atomic E-state index is 13.0. The van der Waals surface area contributed by atoms with Gasteiger partial charge in [-0.1, -0.05) is 24.3 Å². The third kappa shape index (κ3) is 3.68. The normalized spacial score (nSPS) is 12.4. The van der Waals surface area contributed by atoms with Crippen molar-refractivity contribution in [2.45, 2.75) is 11.8 Å². The van der Waals surface area contributed by atoms with Crippen molar-refractivity contribution in [2.24, 2.45) is 0 Å². The second kappa shape index (κ2) is 5.83. The Bertz CT molecular complexity index is 513. The fourth-order valence-electron chi connectivity index (χ4n) is 1.69. The number of hydrogen-bond acceptors (Lipinski definition) is 0. The topological polar surface area (TPSA) is 0 Å². The minimum absolute atomic E-state index is 0.119. The predicted octanol–water partition coefficient (Wildman–Crippen LogP) is 4.95. The molecule has 0 aliphatic rings. The van der Waals surface area contributed by atoms with E-state index in [2.05, 4.69) is 28.7 Å². The third-order valence-corrected chi connectivity index (χ3v) is 3.59. The Morgan fingerprint density at radius 2 is 1.88 bits per heavy atom. The van der Waals surface area contributed by atoms with Gasteiger partial charge < -0.3 is 0 Å². The average Bonchev–Trinajstić information content (AvgIpc) is 2.29. The molecule has 0 heterocycles. The third-order valence-electron chi connectivity index (χ3n) is 2.51. The summed E-state index contributed by atoms with van der Waals surface area (Å²) < 4.78 is 14.2. The molecule has 0 bridgehead atoms. The molecule has 1 unspecified atom stereocenters. The van der Waals surface area contributed by atoms with Crippen LogP contribution in [-0.4, -0.2) is 0 Å². The maximum atomic E-state index is 13.0. The molecule has 2 aromatic rings. The maximum Gasteiger partial charge on any atom is 0.123 e. The fraction of sp³-hybridized carbons (Fsp3) is 0.143. The van der Waals surface area contributed by atoms with Crippen molar-refractivity contribution in [2.75, 3.05) is 0 Å². The van der Waals surface area contributed by atoms with E-state index in [0.29, 0.717) is 6.42 Å². The van der Waals surface area contributed by atoms with Crippen LogP contribution in [0.3, 0.4) is 0 Å². The Kier molecular flexibility index (Phi) is 4.40. The lowest BCUT2D eigenvalue weighted by Crippen LogP contribution is -1.96. The zero-order valence-electron chi connectivity index (χ0n) is 9.04. The molecular formula is C14H11ClFI. The van der Waals surface area contributed by atoms with Crippen LogP contribution in [0.4, 0.5) is 4.39 Å². The highest BCUT2D eigenvalue weighted by molar-refractivity contribution is 14.1. The lowest BCUT2D eigenvalue weighted by molar-refractivity contribution is 0.625. The number of rotatable bonds is 3. The molecule has 0 amide bonds. The monoisotopic (exact) mass is 360 g/mol. The van der Waals surface area contributed by atoms with Crippen LogP contribution in [0.15, 0.2) is 48.5 Å². The molecule has 0 saturated carbocycles. The van der Waals surface area contributed by atoms with Gasteiger partial charge in [-0.3, -0.25) is 0 Å². The van der Waals surface area contributed by atoms with Crippen LogP contribution >= 0.6 is 34.2 Å². The first kappa shape index (κ1) is 12.8. The Morgan fingerprint density at radius 3 is 2.59 bits per heavy atom. The fourth-order valence-corrected chi connectivity index (χ4v) is 2.57. The SMILES string of the molecule is Fc1cccc(CC(Cl)c2cccc(I)c2)c1. The van der Waals surface area contributed by atoms with Gasteiger partial charge in [0.1, 0.15) is 5.82 Å². The van der Waals surface area contributed by atoms with Crippen LogP contribution < -0.4 is 0 Å². The molecule has 88 valence electrons. The average molecular weight is 361 g/mol. The molecule has 0 aliphatic heterocycles. The van der Waals surface area contributed by atoms with Crippen LogP contribution in [0.5, 0.6) is 0 Å². The standard InChI is InChI=1S/C14H11ClFI/c15-14(11-4-2-6-13(17)9-11)8-10-3-1-5-12(16)7-10/h1-7,9,14H,8H2. The summed E-state index contributed by atoms with van der Waals surface area (Å²) in [6.45, 7) is 0. The molecule has 0 aromatic heterocycles. The van der Waals surface area contributed by atoms with Crippen LogP contribution in [0.2, 0.25) is 0 Å². The summed E-state index contributed by atoms with van der Waals surface area (Å²) in [5.74, 6) is -0.214. The van der Waals surface area contributed by atoms with Gasteiger partial charge in [0, 0.05) is 3.57 Å². The van der Waals surface area contributed by atoms with Crippen molar-refractivity contribution < 1.29 is 4.39 Å². The van der Waals surface area contributed by atoms with Crippen molar-refractivity contribution >= 4 is 34.2 Å². The summed E-state index contributed by atoms with van der Waals surface area (Å²) in [6.07, 6.45) is 0.638. The second-order valence-electron chi connectivity index (χ2n) is 3.86. The Morgan fingerprint density at radius 1 is 1.12 bits per heavy atom. The molecule has 0 aliphatic carbocycles. The van der Waals surface area contributed by atoms with Gasteiger partial charge >= 0.3 is 0 Å². The van der Waals surface area contributed by atoms with Crippen molar-refractivity contribution in [1.29, 1.82) is 0 Å². The smallest absolute Gasteiger partial charge is 0.123 e. The molecule has 2 rings (SSSR count). The number of halogens is 3. The number of alkyl halides is 1. The lowest BCUT2D eigenvalue weighted by atomic mass is 10.0. The van der Waals surface area contributed by atoms with E-state index in [0.717, 1.165) is 14.7 Å². The van der Waals surface area contributed by atoms with E-state index >= 15 is 0 Å². The first-order chi connectivity index (χ1) is 8.15. The first-order valence-corrected chi connectivity index (χ1v) is 6.80. The molecule has 0 spiro atoms. The van der Waals surface area contributed by atoms with E-state index < -0.39 is 0 Å². The minimum atomic E-state index is -0.214. The quantitative estimate of drug-likeness (QED) is 0.536. The predicted molar refractivity (Wildman–Crippen MR) is 77.9 cm³/mol. The van der Waals surface area contributed by atoms with Gasteiger partial charge in [-0.2, -0.15) is 0 Å². The molecule has 1 atom stereocenters. The van der Waals surface area contributed by atoms with Gasteiger partial charge in [0.2, 0.25) is 0 Å². The minimum Gasteiger partial charge on any atom is -0.207 e. The summed E-state index contributed by atoms with van der Waals surface area (Å²) in [4.78, 5) is 0. The molecule has 17 heavy (non-hydrogen) atoms. The summed E-state index contributed by atoms with van der Waals surface area (Å²) in [7, 11) is 0. The van der Waals surface area contributed by atoms with E-state index in [1.54, 1.807) is 6.07 Å². The van der Waals surface area contributed by atoms with Crippen LogP contribution in [0, 0.1) is 9.39 Å². The van der Waals surface area contributed by atoms with Gasteiger partial charge in [0.05, 0.1) is 5.38 Å².